The number of hydrogen-bond donors (Lipinski definition) is 3. The van der Waals surface area contributed by atoms with E-state index in [2.05, 4.69) is 90.1 Å². The second-order valence-corrected chi connectivity index (χ2v) is 16.4. The van der Waals surface area contributed by atoms with E-state index in [1.807, 2.05) is 30.0 Å². The fourth-order valence-corrected chi connectivity index (χ4v) is 7.61. The molecule has 0 saturated carbocycles. The molecule has 1 aromatic carbocycles. The summed E-state index contributed by atoms with van der Waals surface area (Å²) in [6.45, 7) is 23.8. The van der Waals surface area contributed by atoms with Crippen molar-refractivity contribution in [2.24, 2.45) is 23.7 Å². The van der Waals surface area contributed by atoms with E-state index < -0.39 is 12.1 Å². The van der Waals surface area contributed by atoms with E-state index in [0.29, 0.717) is 61.2 Å². The number of nitrogens with one attached hydrogen (secondary N) is 3. The summed E-state index contributed by atoms with van der Waals surface area (Å²) in [5.74, 6) is 0.626. The largest absolute Gasteiger partial charge is 0.501 e. The quantitative estimate of drug-likeness (QED) is 0.0831. The van der Waals surface area contributed by atoms with Crippen LogP contribution in [0.3, 0.4) is 0 Å². The smallest absolute Gasteiger partial charge is 0.270 e. The van der Waals surface area contributed by atoms with Crippen LogP contribution in [-0.4, -0.2) is 79.1 Å². The van der Waals surface area contributed by atoms with Crippen LogP contribution in [0.1, 0.15) is 128 Å². The van der Waals surface area contributed by atoms with Crippen molar-refractivity contribution in [2.75, 3.05) is 27.3 Å². The average molecular weight is 770 g/mol. The number of allylic oxidation sites excluding steroid dienone is 1. The van der Waals surface area contributed by atoms with Crippen molar-refractivity contribution in [1.82, 2.24) is 25.8 Å². The lowest BCUT2D eigenvalue weighted by molar-refractivity contribution is -0.142. The minimum Gasteiger partial charge on any atom is -0.501 e. The normalized spacial score (nSPS) is 15.5. The van der Waals surface area contributed by atoms with Gasteiger partial charge in [-0.1, -0.05) is 106 Å². The Morgan fingerprint density at radius 2 is 1.63 bits per heavy atom. The molecule has 1 aromatic heterocycles. The second kappa shape index (κ2) is 24.3. The molecular formula is C43H71N5O5S. The third kappa shape index (κ3) is 14.8. The fourth-order valence-electron chi connectivity index (χ4n) is 6.75. The van der Waals surface area contributed by atoms with Gasteiger partial charge in [-0.3, -0.25) is 14.4 Å². The Balaban J connectivity index is 2.40. The molecule has 0 spiro atoms. The first kappa shape index (κ1) is 46.9. The minimum atomic E-state index is -0.656. The lowest BCUT2D eigenvalue weighted by Gasteiger charge is -2.39. The molecule has 0 unspecified atom stereocenters. The van der Waals surface area contributed by atoms with Gasteiger partial charge in [-0.2, -0.15) is 0 Å². The van der Waals surface area contributed by atoms with Crippen molar-refractivity contribution in [3.05, 3.63) is 64.3 Å². The van der Waals surface area contributed by atoms with Crippen molar-refractivity contribution in [3.63, 3.8) is 0 Å². The first-order valence-corrected chi connectivity index (χ1v) is 21.0. The first-order chi connectivity index (χ1) is 25.7. The predicted octanol–water partition coefficient (Wildman–Crippen LogP) is 7.96. The SMILES string of the molecule is C=C(OC)[C@@H](C)C[C@H](Cc1ccccc1)NC(=O)c1csc([C@@H](C[C@H](C(C)C)N(CCC)C(=O)[C@@H](NC(=O)[C@H](CC(C)C)NC)[C@@H](C)CC)OCCC)n1. The number of rotatable bonds is 26. The standard InChI is InChI=1S/C43H71N5O5S/c1-13-21-48(43(51)39(30(8)15-3)47-40(49)35(44-11)23-28(4)5)37(29(6)7)26-38(53-22-14-2)42-46-36(27-54-42)41(50)45-34(24-31(9)32(10)52-12)25-33-19-17-16-18-20-33/h16-20,27-31,34-35,37-39,44H,10,13-15,21-26H2,1-9,11-12H3,(H,45,50)(H,47,49)/t30-,31-,34+,35-,37+,38+,39-/m0/s1. The molecule has 0 aliphatic heterocycles. The number of hydrogen-bond acceptors (Lipinski definition) is 8. The predicted molar refractivity (Wildman–Crippen MR) is 221 cm³/mol. The van der Waals surface area contributed by atoms with Gasteiger partial charge in [0.15, 0.2) is 0 Å². The molecule has 0 aliphatic carbocycles. The number of likely N-dealkylation sites (N-methyl/N-ethyl adjacent to an activating group) is 1. The van der Waals surface area contributed by atoms with Crippen LogP contribution in [0.25, 0.3) is 0 Å². The molecule has 1 heterocycles. The van der Waals surface area contributed by atoms with Crippen LogP contribution in [0, 0.1) is 23.7 Å². The van der Waals surface area contributed by atoms with Crippen molar-refractivity contribution in [2.45, 2.75) is 138 Å². The summed E-state index contributed by atoms with van der Waals surface area (Å²) in [5, 5.41) is 12.0. The second-order valence-electron chi connectivity index (χ2n) is 15.5. The van der Waals surface area contributed by atoms with E-state index in [4.69, 9.17) is 14.5 Å². The van der Waals surface area contributed by atoms with Crippen LogP contribution in [0.5, 0.6) is 0 Å². The lowest BCUT2D eigenvalue weighted by Crippen LogP contribution is -2.58. The van der Waals surface area contributed by atoms with E-state index in [-0.39, 0.29) is 53.6 Å². The Bertz CT molecular complexity index is 1420. The van der Waals surface area contributed by atoms with E-state index in [0.717, 1.165) is 24.8 Å². The van der Waals surface area contributed by atoms with E-state index in [1.54, 1.807) is 19.5 Å². The number of ether oxygens (including phenoxy) is 2. The highest BCUT2D eigenvalue weighted by Gasteiger charge is 2.37. The lowest BCUT2D eigenvalue weighted by atomic mass is 9.92. The number of thiazole rings is 1. The molecule has 0 fully saturated rings. The zero-order chi connectivity index (χ0) is 40.4. The number of aromatic nitrogens is 1. The maximum absolute atomic E-state index is 14.6. The number of nitrogens with zero attached hydrogens (tertiary/aromatic N) is 2. The highest BCUT2D eigenvalue weighted by Crippen LogP contribution is 2.32. The molecule has 10 nitrogen and oxygen atoms in total. The highest BCUT2D eigenvalue weighted by molar-refractivity contribution is 7.09. The van der Waals surface area contributed by atoms with Gasteiger partial charge >= 0.3 is 0 Å². The summed E-state index contributed by atoms with van der Waals surface area (Å²) in [6, 6.07) is 8.73. The number of methoxy groups -OCH3 is 1. The molecule has 54 heavy (non-hydrogen) atoms. The van der Waals surface area contributed by atoms with Gasteiger partial charge < -0.3 is 30.3 Å². The zero-order valence-corrected chi connectivity index (χ0v) is 35.9. The summed E-state index contributed by atoms with van der Waals surface area (Å²) < 4.78 is 11.9. The van der Waals surface area contributed by atoms with E-state index >= 15 is 0 Å². The molecular weight excluding hydrogens is 699 g/mol. The van der Waals surface area contributed by atoms with Crippen molar-refractivity contribution in [1.29, 1.82) is 0 Å². The molecule has 0 radical (unpaired) electrons. The maximum atomic E-state index is 14.6. The molecule has 11 heteroatoms. The zero-order valence-electron chi connectivity index (χ0n) is 35.1. The van der Waals surface area contributed by atoms with Crippen molar-refractivity contribution < 1.29 is 23.9 Å². The third-order valence-electron chi connectivity index (χ3n) is 10.2. The Morgan fingerprint density at radius 3 is 2.19 bits per heavy atom. The molecule has 3 N–H and O–H groups in total. The number of carbonyl (C=O) groups is 3. The van der Waals surface area contributed by atoms with Gasteiger partial charge in [0.25, 0.3) is 5.91 Å². The minimum absolute atomic E-state index is 0.0431. The Labute approximate surface area is 330 Å². The Kier molecular flexibility index (Phi) is 21.1. The topological polar surface area (TPSA) is 122 Å². The fraction of sp³-hybridized carbons (Fsp3) is 0.674. The summed E-state index contributed by atoms with van der Waals surface area (Å²) in [6.07, 6.45) is 4.43. The van der Waals surface area contributed by atoms with Crippen LogP contribution >= 0.6 is 11.3 Å². The van der Waals surface area contributed by atoms with E-state index in [9.17, 15) is 14.4 Å². The molecule has 0 saturated heterocycles. The van der Waals surface area contributed by atoms with Crippen molar-refractivity contribution >= 4 is 29.1 Å². The molecule has 2 rings (SSSR count). The van der Waals surface area contributed by atoms with Crippen molar-refractivity contribution in [3.8, 4) is 0 Å². The van der Waals surface area contributed by atoms with Gasteiger partial charge in [-0.05, 0) is 62.5 Å². The van der Waals surface area contributed by atoms with Crippen LogP contribution in [0.4, 0.5) is 0 Å². The summed E-state index contributed by atoms with van der Waals surface area (Å²) >= 11 is 1.41. The van der Waals surface area contributed by atoms with Gasteiger partial charge in [0, 0.05) is 43.0 Å². The number of carbonyl (C=O) groups excluding carboxylic acids is 3. The summed E-state index contributed by atoms with van der Waals surface area (Å²) in [5.41, 5.74) is 1.47. The molecule has 304 valence electrons. The summed E-state index contributed by atoms with van der Waals surface area (Å²) in [7, 11) is 3.41. The van der Waals surface area contributed by atoms with Crippen LogP contribution in [0.15, 0.2) is 48.0 Å². The van der Waals surface area contributed by atoms with Gasteiger partial charge in [-0.15, -0.1) is 11.3 Å². The first-order valence-electron chi connectivity index (χ1n) is 20.1. The van der Waals surface area contributed by atoms with Gasteiger partial charge in [0.1, 0.15) is 22.8 Å². The van der Waals surface area contributed by atoms with Crippen LogP contribution < -0.4 is 16.0 Å². The average Bonchev–Trinajstić information content (AvgIpc) is 3.65. The van der Waals surface area contributed by atoms with E-state index in [1.165, 1.54) is 11.3 Å². The van der Waals surface area contributed by atoms with Gasteiger partial charge in [0.05, 0.1) is 18.9 Å². The number of benzene rings is 1. The molecule has 0 bridgehead atoms. The molecule has 7 atom stereocenters. The number of amides is 3. The molecule has 0 aliphatic rings. The van der Waals surface area contributed by atoms with Gasteiger partial charge in [-0.25, -0.2) is 4.98 Å². The molecule has 3 amide bonds. The monoisotopic (exact) mass is 770 g/mol. The third-order valence-corrected chi connectivity index (χ3v) is 11.1. The maximum Gasteiger partial charge on any atom is 0.270 e. The summed E-state index contributed by atoms with van der Waals surface area (Å²) in [4.78, 5) is 48.7. The van der Waals surface area contributed by atoms with Crippen LogP contribution in [0.2, 0.25) is 0 Å². The molecule has 2 aromatic rings. The Hall–Kier alpha value is -3.28. The Morgan fingerprint density at radius 1 is 0.944 bits per heavy atom. The van der Waals surface area contributed by atoms with Gasteiger partial charge in [0.2, 0.25) is 11.8 Å². The van der Waals surface area contributed by atoms with Crippen LogP contribution in [-0.2, 0) is 25.5 Å². The highest BCUT2D eigenvalue weighted by atomic mass is 32.1.